The maximum atomic E-state index is 13.4. The van der Waals surface area contributed by atoms with Crippen molar-refractivity contribution < 1.29 is 9.59 Å². The van der Waals surface area contributed by atoms with E-state index < -0.39 is 0 Å². The van der Waals surface area contributed by atoms with Gasteiger partial charge in [-0.25, -0.2) is 0 Å². The molecule has 2 amide bonds. The second-order valence-electron chi connectivity index (χ2n) is 11.0. The van der Waals surface area contributed by atoms with Gasteiger partial charge in [-0.15, -0.1) is 0 Å². The van der Waals surface area contributed by atoms with Crippen molar-refractivity contribution >= 4 is 11.8 Å². The highest BCUT2D eigenvalue weighted by atomic mass is 16.2. The second-order valence-corrected chi connectivity index (χ2v) is 11.0. The van der Waals surface area contributed by atoms with Crippen molar-refractivity contribution in [3.05, 3.63) is 17.5 Å². The standard InChI is InChI=1S/C23H32N4O2/c1-22(10-15-3-6-17(22)9-15)21(29)26-8-7-23(12-26)13-27(14-23)20(28)19-18(16-4-5-16)11-24-25(19)2/h11,15-17H,3-10,12-14H2,1-2H3. The van der Waals surface area contributed by atoms with Crippen LogP contribution in [0, 0.1) is 22.7 Å². The Labute approximate surface area is 172 Å². The summed E-state index contributed by atoms with van der Waals surface area (Å²) in [7, 11) is 1.88. The first-order valence-corrected chi connectivity index (χ1v) is 11.5. The molecule has 1 spiro atoms. The van der Waals surface area contributed by atoms with Crippen molar-refractivity contribution in [2.24, 2.45) is 29.7 Å². The van der Waals surface area contributed by atoms with Gasteiger partial charge >= 0.3 is 0 Å². The van der Waals surface area contributed by atoms with E-state index in [-0.39, 0.29) is 16.7 Å². The molecule has 1 aromatic rings. The Morgan fingerprint density at radius 3 is 2.52 bits per heavy atom. The number of aromatic nitrogens is 2. The highest BCUT2D eigenvalue weighted by Crippen LogP contribution is 2.57. The molecule has 6 rings (SSSR count). The zero-order chi connectivity index (χ0) is 20.0. The van der Waals surface area contributed by atoms with Crippen LogP contribution in [0.3, 0.4) is 0 Å². The Morgan fingerprint density at radius 2 is 1.86 bits per heavy atom. The minimum atomic E-state index is -0.123. The summed E-state index contributed by atoms with van der Waals surface area (Å²) in [4.78, 5) is 30.7. The summed E-state index contributed by atoms with van der Waals surface area (Å²) < 4.78 is 1.75. The van der Waals surface area contributed by atoms with Crippen LogP contribution < -0.4 is 0 Å². The van der Waals surface area contributed by atoms with Crippen LogP contribution in [0.5, 0.6) is 0 Å². The lowest BCUT2D eigenvalue weighted by atomic mass is 9.73. The minimum absolute atomic E-state index is 0.123. The number of carbonyl (C=O) groups excluding carboxylic acids is 2. The molecule has 3 saturated carbocycles. The maximum absolute atomic E-state index is 13.4. The van der Waals surface area contributed by atoms with E-state index in [1.807, 2.05) is 18.1 Å². The number of nitrogens with zero attached hydrogens (tertiary/aromatic N) is 4. The van der Waals surface area contributed by atoms with Crippen molar-refractivity contribution in [3.8, 4) is 0 Å². The molecule has 3 atom stereocenters. The van der Waals surface area contributed by atoms with Crippen LogP contribution in [-0.2, 0) is 11.8 Å². The molecule has 2 bridgehead atoms. The van der Waals surface area contributed by atoms with Gasteiger partial charge in [0, 0.05) is 49.6 Å². The predicted octanol–water partition coefficient (Wildman–Crippen LogP) is 2.80. The number of rotatable bonds is 3. The van der Waals surface area contributed by atoms with E-state index in [0.717, 1.165) is 56.2 Å². The van der Waals surface area contributed by atoms with Gasteiger partial charge in [0.15, 0.2) is 0 Å². The average molecular weight is 397 g/mol. The van der Waals surface area contributed by atoms with Crippen LogP contribution in [0.1, 0.15) is 73.8 Å². The van der Waals surface area contributed by atoms with E-state index in [1.54, 1.807) is 4.68 Å². The summed E-state index contributed by atoms with van der Waals surface area (Å²) in [6.07, 6.45) is 10.2. The predicted molar refractivity (Wildman–Crippen MR) is 108 cm³/mol. The fourth-order valence-corrected chi connectivity index (χ4v) is 7.06. The molecule has 0 N–H and O–H groups in total. The SMILES string of the molecule is Cn1ncc(C2CC2)c1C(=O)N1CC2(CCN(C(=O)C3(C)CC4CCC3C4)C2)C1. The second kappa shape index (κ2) is 5.86. The van der Waals surface area contributed by atoms with E-state index >= 15 is 0 Å². The maximum Gasteiger partial charge on any atom is 0.272 e. The zero-order valence-electron chi connectivity index (χ0n) is 17.7. The van der Waals surface area contributed by atoms with E-state index in [9.17, 15) is 9.59 Å². The molecule has 2 saturated heterocycles. The lowest BCUT2D eigenvalue weighted by Crippen LogP contribution is -2.60. The summed E-state index contributed by atoms with van der Waals surface area (Å²) in [6, 6.07) is 0. The molecule has 0 aromatic carbocycles. The molecule has 5 fully saturated rings. The molecule has 1 aromatic heterocycles. The molecule has 6 heteroatoms. The first-order valence-electron chi connectivity index (χ1n) is 11.5. The van der Waals surface area contributed by atoms with Crippen LogP contribution in [0.4, 0.5) is 0 Å². The molecular formula is C23H32N4O2. The van der Waals surface area contributed by atoms with Crippen LogP contribution in [0.15, 0.2) is 6.20 Å². The van der Waals surface area contributed by atoms with E-state index in [0.29, 0.717) is 17.7 Å². The first-order chi connectivity index (χ1) is 13.9. The molecule has 3 aliphatic carbocycles. The van der Waals surface area contributed by atoms with Crippen molar-refractivity contribution in [1.82, 2.24) is 19.6 Å². The van der Waals surface area contributed by atoms with Gasteiger partial charge in [0.05, 0.1) is 6.20 Å². The van der Waals surface area contributed by atoms with Gasteiger partial charge in [-0.2, -0.15) is 5.10 Å². The Hall–Kier alpha value is -1.85. The Kier molecular flexibility index (Phi) is 3.63. The average Bonchev–Trinajstić information content (AvgIpc) is 3.02. The van der Waals surface area contributed by atoms with Gasteiger partial charge in [0.25, 0.3) is 5.91 Å². The van der Waals surface area contributed by atoms with Crippen LogP contribution >= 0.6 is 0 Å². The molecule has 29 heavy (non-hydrogen) atoms. The summed E-state index contributed by atoms with van der Waals surface area (Å²) in [5.74, 6) is 2.43. The number of fused-ring (bicyclic) bond motifs is 2. The van der Waals surface area contributed by atoms with E-state index in [1.165, 1.54) is 32.1 Å². The molecule has 0 radical (unpaired) electrons. The molecule has 5 aliphatic rings. The Bertz CT molecular complexity index is 881. The Balaban J connectivity index is 1.12. The third-order valence-electron chi connectivity index (χ3n) is 8.90. The van der Waals surface area contributed by atoms with Crippen LogP contribution in [0.2, 0.25) is 0 Å². The molecule has 3 unspecified atom stereocenters. The van der Waals surface area contributed by atoms with E-state index in [2.05, 4.69) is 16.9 Å². The number of amides is 2. The van der Waals surface area contributed by atoms with Crippen molar-refractivity contribution in [2.75, 3.05) is 26.2 Å². The van der Waals surface area contributed by atoms with Gasteiger partial charge in [-0.3, -0.25) is 14.3 Å². The minimum Gasteiger partial charge on any atom is -0.341 e. The monoisotopic (exact) mass is 396 g/mol. The van der Waals surface area contributed by atoms with Gasteiger partial charge in [0.1, 0.15) is 5.69 Å². The quantitative estimate of drug-likeness (QED) is 0.789. The lowest BCUT2D eigenvalue weighted by Gasteiger charge is -2.48. The highest BCUT2D eigenvalue weighted by molar-refractivity contribution is 5.95. The molecule has 156 valence electrons. The van der Waals surface area contributed by atoms with Gasteiger partial charge < -0.3 is 9.80 Å². The molecule has 6 nitrogen and oxygen atoms in total. The Morgan fingerprint density at radius 1 is 1.10 bits per heavy atom. The van der Waals surface area contributed by atoms with E-state index in [4.69, 9.17) is 0 Å². The van der Waals surface area contributed by atoms with Crippen LogP contribution in [-0.4, -0.2) is 57.6 Å². The van der Waals surface area contributed by atoms with Crippen molar-refractivity contribution in [2.45, 2.75) is 57.8 Å². The summed E-state index contributed by atoms with van der Waals surface area (Å²) in [6.45, 7) is 5.50. The van der Waals surface area contributed by atoms with Crippen molar-refractivity contribution in [1.29, 1.82) is 0 Å². The van der Waals surface area contributed by atoms with Crippen molar-refractivity contribution in [3.63, 3.8) is 0 Å². The summed E-state index contributed by atoms with van der Waals surface area (Å²) >= 11 is 0. The number of carbonyl (C=O) groups is 2. The highest BCUT2D eigenvalue weighted by Gasteiger charge is 2.57. The van der Waals surface area contributed by atoms with Crippen LogP contribution in [0.25, 0.3) is 0 Å². The molecule has 3 heterocycles. The number of hydrogen-bond acceptors (Lipinski definition) is 3. The number of likely N-dealkylation sites (tertiary alicyclic amines) is 2. The van der Waals surface area contributed by atoms with Gasteiger partial charge in [-0.1, -0.05) is 13.3 Å². The summed E-state index contributed by atoms with van der Waals surface area (Å²) in [5.41, 5.74) is 1.91. The first kappa shape index (κ1) is 18.0. The largest absolute Gasteiger partial charge is 0.341 e. The normalized spacial score (nSPS) is 34.8. The molecule has 2 aliphatic heterocycles. The van der Waals surface area contributed by atoms with Gasteiger partial charge in [-0.05, 0) is 56.3 Å². The third-order valence-corrected chi connectivity index (χ3v) is 8.90. The fraction of sp³-hybridized carbons (Fsp3) is 0.783. The summed E-state index contributed by atoms with van der Waals surface area (Å²) in [5, 5.41) is 4.35. The fourth-order valence-electron chi connectivity index (χ4n) is 7.06. The molecular weight excluding hydrogens is 364 g/mol. The lowest BCUT2D eigenvalue weighted by molar-refractivity contribution is -0.144. The number of aryl methyl sites for hydroxylation is 1. The zero-order valence-corrected chi connectivity index (χ0v) is 17.7. The number of hydrogen-bond donors (Lipinski definition) is 0. The topological polar surface area (TPSA) is 58.4 Å². The van der Waals surface area contributed by atoms with Gasteiger partial charge in [0.2, 0.25) is 5.91 Å². The smallest absolute Gasteiger partial charge is 0.272 e. The third kappa shape index (κ3) is 2.56.